The Morgan fingerprint density at radius 2 is 1.87 bits per heavy atom. The average molecular weight is 313 g/mol. The number of nitrogens with zero attached hydrogens (tertiary/aromatic N) is 1. The Morgan fingerprint density at radius 3 is 2.57 bits per heavy atom. The van der Waals surface area contributed by atoms with Crippen LogP contribution in [0.3, 0.4) is 0 Å². The zero-order chi connectivity index (χ0) is 16.2. The van der Waals surface area contributed by atoms with Gasteiger partial charge >= 0.3 is 0 Å². The minimum Gasteiger partial charge on any atom is -0.370 e. The largest absolute Gasteiger partial charge is 0.370 e. The number of carbonyl (C=O) groups excluding carboxylic acids is 1. The number of ether oxygens (including phenoxy) is 1. The van der Waals surface area contributed by atoms with E-state index in [1.165, 1.54) is 12.1 Å². The van der Waals surface area contributed by atoms with Crippen LogP contribution in [-0.4, -0.2) is 30.0 Å². The van der Waals surface area contributed by atoms with E-state index in [0.29, 0.717) is 13.2 Å². The molecule has 3 nitrogen and oxygen atoms in total. The minimum absolute atomic E-state index is 0.0444. The van der Waals surface area contributed by atoms with Gasteiger partial charge in [-0.3, -0.25) is 4.79 Å². The third-order valence-corrected chi connectivity index (χ3v) is 4.19. The first-order chi connectivity index (χ1) is 11.1. The number of hydrogen-bond acceptors (Lipinski definition) is 2. The van der Waals surface area contributed by atoms with E-state index in [9.17, 15) is 9.18 Å². The molecular weight excluding hydrogens is 293 g/mol. The first-order valence-corrected chi connectivity index (χ1v) is 7.84. The predicted molar refractivity (Wildman–Crippen MR) is 86.4 cm³/mol. The van der Waals surface area contributed by atoms with Crippen LogP contribution in [0.4, 0.5) is 4.39 Å². The Labute approximate surface area is 135 Å². The van der Waals surface area contributed by atoms with E-state index >= 15 is 0 Å². The van der Waals surface area contributed by atoms with Crippen LogP contribution < -0.4 is 0 Å². The van der Waals surface area contributed by atoms with Gasteiger partial charge in [-0.25, -0.2) is 4.39 Å². The molecule has 1 fully saturated rings. The van der Waals surface area contributed by atoms with Gasteiger partial charge in [-0.15, -0.1) is 0 Å². The van der Waals surface area contributed by atoms with Crippen molar-refractivity contribution in [2.45, 2.75) is 25.5 Å². The van der Waals surface area contributed by atoms with Gasteiger partial charge in [0.05, 0.1) is 25.6 Å². The molecule has 2 atom stereocenters. The molecule has 0 N–H and O–H groups in total. The summed E-state index contributed by atoms with van der Waals surface area (Å²) in [6, 6.07) is 16.1. The molecule has 0 spiro atoms. The summed E-state index contributed by atoms with van der Waals surface area (Å²) in [5.41, 5.74) is 1.91. The van der Waals surface area contributed by atoms with E-state index in [0.717, 1.165) is 11.1 Å². The molecular formula is C19H20FNO2. The van der Waals surface area contributed by atoms with Crippen molar-refractivity contribution >= 4 is 5.91 Å². The molecule has 1 heterocycles. The normalized spacial score (nSPS) is 21.2. The quantitative estimate of drug-likeness (QED) is 0.869. The summed E-state index contributed by atoms with van der Waals surface area (Å²) >= 11 is 0. The molecule has 120 valence electrons. The maximum Gasteiger partial charge on any atom is 0.227 e. The number of amides is 1. The predicted octanol–water partition coefficient (Wildman–Crippen LogP) is 3.36. The second-order valence-corrected chi connectivity index (χ2v) is 5.93. The van der Waals surface area contributed by atoms with E-state index in [1.807, 2.05) is 42.2 Å². The standard InChI is InChI=1S/C19H20FNO2/c1-14-13-23-18(16-5-3-2-4-6-16)12-21(14)19(22)11-15-7-9-17(20)10-8-15/h2-10,14,18H,11-13H2,1H3. The van der Waals surface area contributed by atoms with Crippen LogP contribution in [-0.2, 0) is 16.0 Å². The third kappa shape index (κ3) is 3.77. The summed E-state index contributed by atoms with van der Waals surface area (Å²) in [5, 5.41) is 0. The van der Waals surface area contributed by atoms with E-state index in [4.69, 9.17) is 4.74 Å². The van der Waals surface area contributed by atoms with Gasteiger partial charge in [0.1, 0.15) is 11.9 Å². The molecule has 1 saturated heterocycles. The summed E-state index contributed by atoms with van der Waals surface area (Å²) in [4.78, 5) is 14.5. The van der Waals surface area contributed by atoms with Gasteiger partial charge in [-0.2, -0.15) is 0 Å². The molecule has 0 aromatic heterocycles. The van der Waals surface area contributed by atoms with Gasteiger partial charge in [-0.05, 0) is 30.2 Å². The fourth-order valence-electron chi connectivity index (χ4n) is 2.85. The summed E-state index contributed by atoms with van der Waals surface area (Å²) in [7, 11) is 0. The van der Waals surface area contributed by atoms with Crippen LogP contribution in [0.25, 0.3) is 0 Å². The first-order valence-electron chi connectivity index (χ1n) is 7.84. The smallest absolute Gasteiger partial charge is 0.227 e. The zero-order valence-electron chi connectivity index (χ0n) is 13.1. The maximum atomic E-state index is 13.0. The second kappa shape index (κ2) is 6.92. The molecule has 2 aromatic carbocycles. The number of hydrogen-bond donors (Lipinski definition) is 0. The van der Waals surface area contributed by atoms with Crippen molar-refractivity contribution in [3.8, 4) is 0 Å². The number of rotatable bonds is 3. The molecule has 0 saturated carbocycles. The number of carbonyl (C=O) groups is 1. The highest BCUT2D eigenvalue weighted by atomic mass is 19.1. The molecule has 23 heavy (non-hydrogen) atoms. The third-order valence-electron chi connectivity index (χ3n) is 4.19. The molecule has 2 unspecified atom stereocenters. The van der Waals surface area contributed by atoms with Gasteiger partial charge in [0.25, 0.3) is 0 Å². The van der Waals surface area contributed by atoms with Crippen LogP contribution in [0, 0.1) is 5.82 Å². The van der Waals surface area contributed by atoms with Gasteiger partial charge in [0.2, 0.25) is 5.91 Å². The van der Waals surface area contributed by atoms with Crippen LogP contribution in [0.5, 0.6) is 0 Å². The SMILES string of the molecule is CC1COC(c2ccccc2)CN1C(=O)Cc1ccc(F)cc1. The van der Waals surface area contributed by atoms with Crippen molar-refractivity contribution < 1.29 is 13.9 Å². The molecule has 1 aliphatic heterocycles. The van der Waals surface area contributed by atoms with Crippen LogP contribution in [0.15, 0.2) is 54.6 Å². The number of benzene rings is 2. The van der Waals surface area contributed by atoms with Gasteiger partial charge in [0, 0.05) is 0 Å². The van der Waals surface area contributed by atoms with Gasteiger partial charge in [-0.1, -0.05) is 42.5 Å². The Balaban J connectivity index is 1.69. The summed E-state index contributed by atoms with van der Waals surface area (Å²) in [6.45, 7) is 3.06. The molecule has 0 radical (unpaired) electrons. The monoisotopic (exact) mass is 313 g/mol. The molecule has 4 heteroatoms. The fraction of sp³-hybridized carbons (Fsp3) is 0.316. The highest BCUT2D eigenvalue weighted by molar-refractivity contribution is 5.79. The van der Waals surface area contributed by atoms with Crippen LogP contribution >= 0.6 is 0 Å². The number of halogens is 1. The topological polar surface area (TPSA) is 29.5 Å². The Morgan fingerprint density at radius 1 is 1.17 bits per heavy atom. The molecule has 1 amide bonds. The lowest BCUT2D eigenvalue weighted by molar-refractivity contribution is -0.143. The molecule has 2 aromatic rings. The molecule has 3 rings (SSSR count). The van der Waals surface area contributed by atoms with Gasteiger partial charge < -0.3 is 9.64 Å². The minimum atomic E-state index is -0.287. The van der Waals surface area contributed by atoms with Crippen molar-refractivity contribution in [1.29, 1.82) is 0 Å². The second-order valence-electron chi connectivity index (χ2n) is 5.93. The number of morpholine rings is 1. The van der Waals surface area contributed by atoms with Crippen molar-refractivity contribution in [2.75, 3.05) is 13.2 Å². The molecule has 0 bridgehead atoms. The Bertz CT molecular complexity index is 657. The van der Waals surface area contributed by atoms with E-state index in [1.54, 1.807) is 12.1 Å². The molecule has 0 aliphatic carbocycles. The van der Waals surface area contributed by atoms with Crippen molar-refractivity contribution in [3.63, 3.8) is 0 Å². The van der Waals surface area contributed by atoms with Crippen LogP contribution in [0.2, 0.25) is 0 Å². The van der Waals surface area contributed by atoms with E-state index < -0.39 is 0 Å². The van der Waals surface area contributed by atoms with Gasteiger partial charge in [0.15, 0.2) is 0 Å². The van der Waals surface area contributed by atoms with Crippen LogP contribution in [0.1, 0.15) is 24.2 Å². The lowest BCUT2D eigenvalue weighted by Crippen LogP contribution is -2.48. The maximum absolute atomic E-state index is 13.0. The Kier molecular flexibility index (Phi) is 4.72. The van der Waals surface area contributed by atoms with Crippen molar-refractivity contribution in [2.24, 2.45) is 0 Å². The van der Waals surface area contributed by atoms with E-state index in [2.05, 4.69) is 0 Å². The first kappa shape index (κ1) is 15.7. The van der Waals surface area contributed by atoms with E-state index in [-0.39, 0.29) is 30.3 Å². The average Bonchev–Trinajstić information content (AvgIpc) is 2.58. The fourth-order valence-corrected chi connectivity index (χ4v) is 2.85. The Hall–Kier alpha value is -2.20. The summed E-state index contributed by atoms with van der Waals surface area (Å²) in [5.74, 6) is -0.238. The summed E-state index contributed by atoms with van der Waals surface area (Å²) in [6.07, 6.45) is 0.191. The highest BCUT2D eigenvalue weighted by Crippen LogP contribution is 2.25. The lowest BCUT2D eigenvalue weighted by atomic mass is 10.0. The summed E-state index contributed by atoms with van der Waals surface area (Å²) < 4.78 is 18.8. The van der Waals surface area contributed by atoms with Crippen molar-refractivity contribution in [1.82, 2.24) is 4.90 Å². The van der Waals surface area contributed by atoms with Crippen molar-refractivity contribution in [3.05, 3.63) is 71.5 Å². The highest BCUT2D eigenvalue weighted by Gasteiger charge is 2.30. The molecule has 1 aliphatic rings. The lowest BCUT2D eigenvalue weighted by Gasteiger charge is -2.38. The zero-order valence-corrected chi connectivity index (χ0v) is 13.1.